The summed E-state index contributed by atoms with van der Waals surface area (Å²) in [5.41, 5.74) is 3.89. The quantitative estimate of drug-likeness (QED) is 0.632. The molecule has 0 saturated carbocycles. The van der Waals surface area contributed by atoms with Crippen LogP contribution in [0.2, 0.25) is 5.02 Å². The van der Waals surface area contributed by atoms with Crippen LogP contribution in [-0.2, 0) is 9.63 Å². The van der Waals surface area contributed by atoms with Crippen LogP contribution in [0.15, 0.2) is 34.5 Å². The van der Waals surface area contributed by atoms with E-state index >= 15 is 0 Å². The number of halogens is 1. The van der Waals surface area contributed by atoms with E-state index in [9.17, 15) is 4.79 Å². The molecular weight excluding hydrogens is 230 g/mol. The fourth-order valence-electron chi connectivity index (χ4n) is 1.14. The summed E-state index contributed by atoms with van der Waals surface area (Å²) in [4.78, 5) is 15.6. The van der Waals surface area contributed by atoms with Crippen LogP contribution < -0.4 is 5.43 Å². The second-order valence-electron chi connectivity index (χ2n) is 3.11. The highest BCUT2D eigenvalue weighted by molar-refractivity contribution is 6.66. The summed E-state index contributed by atoms with van der Waals surface area (Å²) in [6, 6.07) is 7.08. The molecule has 6 heteroatoms. The number of oxime groups is 1. The Labute approximate surface area is 96.7 Å². The summed E-state index contributed by atoms with van der Waals surface area (Å²) in [6.07, 6.45) is 0. The van der Waals surface area contributed by atoms with Crippen LogP contribution in [0.3, 0.4) is 0 Å². The van der Waals surface area contributed by atoms with Gasteiger partial charge in [-0.15, -0.1) is 0 Å². The SMILES string of the molecule is CC1=NOC(=O)/C1=N\Nc1ccccc1Cl. The maximum Gasteiger partial charge on any atom is 0.387 e. The van der Waals surface area contributed by atoms with Gasteiger partial charge in [-0.3, -0.25) is 5.43 Å². The maximum absolute atomic E-state index is 11.2. The molecule has 0 spiro atoms. The van der Waals surface area contributed by atoms with Gasteiger partial charge < -0.3 is 4.84 Å². The van der Waals surface area contributed by atoms with Crippen molar-refractivity contribution in [2.75, 3.05) is 5.43 Å². The highest BCUT2D eigenvalue weighted by Crippen LogP contribution is 2.20. The van der Waals surface area contributed by atoms with Crippen LogP contribution in [-0.4, -0.2) is 17.4 Å². The lowest BCUT2D eigenvalue weighted by Gasteiger charge is -2.02. The molecule has 0 amide bonds. The third-order valence-electron chi connectivity index (χ3n) is 1.96. The molecule has 0 bridgehead atoms. The number of hydrazone groups is 1. The number of hydrogen-bond acceptors (Lipinski definition) is 5. The van der Waals surface area contributed by atoms with Crippen molar-refractivity contribution in [3.63, 3.8) is 0 Å². The lowest BCUT2D eigenvalue weighted by atomic mass is 10.3. The van der Waals surface area contributed by atoms with Crippen molar-refractivity contribution < 1.29 is 9.63 Å². The average molecular weight is 238 g/mol. The number of benzene rings is 1. The fourth-order valence-corrected chi connectivity index (χ4v) is 1.32. The molecule has 16 heavy (non-hydrogen) atoms. The molecule has 1 aromatic rings. The van der Waals surface area contributed by atoms with E-state index in [4.69, 9.17) is 11.6 Å². The largest absolute Gasteiger partial charge is 0.387 e. The number of carbonyl (C=O) groups excluding carboxylic acids is 1. The molecule has 0 radical (unpaired) electrons. The Morgan fingerprint density at radius 1 is 1.44 bits per heavy atom. The van der Waals surface area contributed by atoms with Crippen molar-refractivity contribution >= 4 is 34.7 Å². The summed E-state index contributed by atoms with van der Waals surface area (Å²) in [7, 11) is 0. The Hall–Kier alpha value is -1.88. The number of rotatable bonds is 2. The molecule has 0 fully saturated rings. The third kappa shape index (κ3) is 2.04. The Morgan fingerprint density at radius 3 is 2.81 bits per heavy atom. The van der Waals surface area contributed by atoms with Gasteiger partial charge in [0, 0.05) is 0 Å². The van der Waals surface area contributed by atoms with Crippen molar-refractivity contribution in [3.8, 4) is 0 Å². The molecule has 1 heterocycles. The normalized spacial score (nSPS) is 17.2. The van der Waals surface area contributed by atoms with Crippen LogP contribution in [0.1, 0.15) is 6.92 Å². The lowest BCUT2D eigenvalue weighted by Crippen LogP contribution is -2.17. The summed E-state index contributed by atoms with van der Waals surface area (Å²) in [5, 5.41) is 7.91. The Morgan fingerprint density at radius 2 is 2.19 bits per heavy atom. The molecule has 1 aliphatic rings. The molecule has 1 aliphatic heterocycles. The summed E-state index contributed by atoms with van der Waals surface area (Å²) in [5.74, 6) is -0.572. The second-order valence-corrected chi connectivity index (χ2v) is 3.51. The third-order valence-corrected chi connectivity index (χ3v) is 2.29. The van der Waals surface area contributed by atoms with Gasteiger partial charge >= 0.3 is 5.97 Å². The molecule has 0 aromatic heterocycles. The maximum atomic E-state index is 11.2. The summed E-state index contributed by atoms with van der Waals surface area (Å²) < 4.78 is 0. The highest BCUT2D eigenvalue weighted by Gasteiger charge is 2.24. The van der Waals surface area contributed by atoms with Gasteiger partial charge in [0.1, 0.15) is 5.71 Å². The summed E-state index contributed by atoms with van der Waals surface area (Å²) >= 11 is 5.90. The molecule has 0 aliphatic carbocycles. The fraction of sp³-hybridized carbons (Fsp3) is 0.100. The van der Waals surface area contributed by atoms with Crippen molar-refractivity contribution in [2.45, 2.75) is 6.92 Å². The van der Waals surface area contributed by atoms with E-state index < -0.39 is 5.97 Å². The van der Waals surface area contributed by atoms with Crippen molar-refractivity contribution in [1.82, 2.24) is 0 Å². The smallest absolute Gasteiger partial charge is 0.311 e. The molecule has 1 N–H and O–H groups in total. The first-order valence-electron chi connectivity index (χ1n) is 4.53. The van der Waals surface area contributed by atoms with Crippen LogP contribution in [0.4, 0.5) is 5.69 Å². The predicted octanol–water partition coefficient (Wildman–Crippen LogP) is 2.04. The molecule has 0 atom stereocenters. The molecular formula is C10H8ClN3O2. The first-order chi connectivity index (χ1) is 7.68. The van der Waals surface area contributed by atoms with Crippen molar-refractivity contribution in [2.24, 2.45) is 10.3 Å². The minimum Gasteiger partial charge on any atom is -0.311 e. The average Bonchev–Trinajstić information content (AvgIpc) is 2.58. The van der Waals surface area contributed by atoms with Gasteiger partial charge in [0.2, 0.25) is 0 Å². The molecule has 2 rings (SSSR count). The van der Waals surface area contributed by atoms with Gasteiger partial charge in [0.05, 0.1) is 10.7 Å². The Kier molecular flexibility index (Phi) is 2.87. The highest BCUT2D eigenvalue weighted by atomic mass is 35.5. The Bertz CT molecular complexity index is 497. The minimum atomic E-state index is -0.572. The van der Waals surface area contributed by atoms with E-state index in [0.717, 1.165) is 0 Å². The van der Waals surface area contributed by atoms with E-state index in [0.29, 0.717) is 16.4 Å². The molecule has 5 nitrogen and oxygen atoms in total. The standard InChI is InChI=1S/C10H8ClN3O2/c1-6-9(10(15)16-14-6)13-12-8-5-3-2-4-7(8)11/h2-5,12H,1H3/b13-9-. The summed E-state index contributed by atoms with van der Waals surface area (Å²) in [6.45, 7) is 1.64. The van der Waals surface area contributed by atoms with E-state index in [1.807, 2.05) is 6.07 Å². The zero-order chi connectivity index (χ0) is 11.5. The second kappa shape index (κ2) is 4.32. The number of nitrogens with one attached hydrogen (secondary N) is 1. The van der Waals surface area contributed by atoms with Gasteiger partial charge in [0.15, 0.2) is 5.71 Å². The Balaban J connectivity index is 2.18. The number of anilines is 1. The molecule has 0 unspecified atom stereocenters. The molecule has 0 saturated heterocycles. The van der Waals surface area contributed by atoms with Gasteiger partial charge in [-0.1, -0.05) is 28.9 Å². The van der Waals surface area contributed by atoms with E-state index in [1.165, 1.54) is 0 Å². The van der Waals surface area contributed by atoms with Gasteiger partial charge in [-0.05, 0) is 19.1 Å². The van der Waals surface area contributed by atoms with Crippen LogP contribution in [0.5, 0.6) is 0 Å². The number of carbonyl (C=O) groups is 1. The number of nitrogens with zero attached hydrogens (tertiary/aromatic N) is 2. The number of hydrogen-bond donors (Lipinski definition) is 1. The van der Waals surface area contributed by atoms with Gasteiger partial charge in [-0.25, -0.2) is 4.79 Å². The zero-order valence-electron chi connectivity index (χ0n) is 8.40. The van der Waals surface area contributed by atoms with Crippen molar-refractivity contribution in [1.29, 1.82) is 0 Å². The van der Waals surface area contributed by atoms with E-state index in [-0.39, 0.29) is 5.71 Å². The monoisotopic (exact) mass is 237 g/mol. The first kappa shape index (κ1) is 10.6. The molecule has 82 valence electrons. The first-order valence-corrected chi connectivity index (χ1v) is 4.91. The van der Waals surface area contributed by atoms with Crippen LogP contribution in [0, 0.1) is 0 Å². The zero-order valence-corrected chi connectivity index (χ0v) is 9.15. The lowest BCUT2D eigenvalue weighted by molar-refractivity contribution is -0.134. The topological polar surface area (TPSA) is 63.0 Å². The van der Waals surface area contributed by atoms with Crippen molar-refractivity contribution in [3.05, 3.63) is 29.3 Å². The van der Waals surface area contributed by atoms with Gasteiger partial charge in [-0.2, -0.15) is 5.10 Å². The number of para-hydroxylation sites is 1. The van der Waals surface area contributed by atoms with Crippen LogP contribution >= 0.6 is 11.6 Å². The minimum absolute atomic E-state index is 0.153. The van der Waals surface area contributed by atoms with E-state index in [2.05, 4.69) is 20.5 Å². The van der Waals surface area contributed by atoms with E-state index in [1.54, 1.807) is 25.1 Å². The van der Waals surface area contributed by atoms with Gasteiger partial charge in [0.25, 0.3) is 0 Å². The van der Waals surface area contributed by atoms with Crippen LogP contribution in [0.25, 0.3) is 0 Å². The molecule has 1 aromatic carbocycles. The predicted molar refractivity (Wildman–Crippen MR) is 61.7 cm³/mol.